The summed E-state index contributed by atoms with van der Waals surface area (Å²) in [5.74, 6) is 1.83. The number of aromatic nitrogens is 1. The largest absolute Gasteiger partial charge is 0.370 e. The van der Waals surface area contributed by atoms with Crippen LogP contribution in [0.25, 0.3) is 0 Å². The molecule has 2 N–H and O–H groups in total. The first kappa shape index (κ1) is 13.4. The van der Waals surface area contributed by atoms with Gasteiger partial charge in [0.1, 0.15) is 11.6 Å². The van der Waals surface area contributed by atoms with E-state index < -0.39 is 0 Å². The van der Waals surface area contributed by atoms with Crippen LogP contribution in [0.15, 0.2) is 34.1 Å². The quantitative estimate of drug-likeness (QED) is 0.829. The molecule has 2 aromatic rings. The summed E-state index contributed by atoms with van der Waals surface area (Å²) < 4.78 is 1.13. The standard InChI is InChI=1S/C13H16BrN3S/c1-2-6-15-12-4-3-5-13(17-12)16-8-11-7-10(14)9-18-11/h3-5,7,9H,2,6,8H2,1H3,(H2,15,16,17). The number of nitrogens with one attached hydrogen (secondary N) is 2. The summed E-state index contributed by atoms with van der Waals surface area (Å²) in [5, 5.41) is 8.70. The second-order valence-electron chi connectivity index (χ2n) is 3.92. The molecular weight excluding hydrogens is 310 g/mol. The third-order valence-corrected chi connectivity index (χ3v) is 4.07. The molecular formula is C13H16BrN3S. The van der Waals surface area contributed by atoms with Gasteiger partial charge in [0, 0.05) is 21.3 Å². The van der Waals surface area contributed by atoms with E-state index in [9.17, 15) is 0 Å². The Hall–Kier alpha value is -1.07. The van der Waals surface area contributed by atoms with E-state index in [4.69, 9.17) is 0 Å². The minimum absolute atomic E-state index is 0.806. The summed E-state index contributed by atoms with van der Waals surface area (Å²) in [4.78, 5) is 5.79. The van der Waals surface area contributed by atoms with Gasteiger partial charge in [0.2, 0.25) is 0 Å². The average Bonchev–Trinajstić information content (AvgIpc) is 2.80. The van der Waals surface area contributed by atoms with Crippen LogP contribution in [0.4, 0.5) is 11.6 Å². The molecule has 0 aliphatic carbocycles. The lowest BCUT2D eigenvalue weighted by Gasteiger charge is -2.07. The Labute approximate surface area is 120 Å². The predicted octanol–water partition coefficient (Wildman–Crippen LogP) is 4.34. The van der Waals surface area contributed by atoms with Gasteiger partial charge in [-0.15, -0.1) is 11.3 Å². The van der Waals surface area contributed by atoms with E-state index in [1.165, 1.54) is 4.88 Å². The smallest absolute Gasteiger partial charge is 0.128 e. The Balaban J connectivity index is 1.92. The molecule has 0 aliphatic rings. The topological polar surface area (TPSA) is 37.0 Å². The first-order chi connectivity index (χ1) is 8.78. The van der Waals surface area contributed by atoms with Crippen molar-refractivity contribution in [3.63, 3.8) is 0 Å². The molecule has 0 spiro atoms. The minimum atomic E-state index is 0.806. The zero-order valence-corrected chi connectivity index (χ0v) is 12.6. The number of anilines is 2. The maximum absolute atomic E-state index is 4.50. The summed E-state index contributed by atoms with van der Waals surface area (Å²) in [6, 6.07) is 8.11. The molecule has 0 fully saturated rings. The third-order valence-electron chi connectivity index (χ3n) is 2.37. The fourth-order valence-corrected chi connectivity index (χ4v) is 2.90. The Kier molecular flexibility index (Phi) is 5.01. The van der Waals surface area contributed by atoms with Crippen LogP contribution in [0.3, 0.4) is 0 Å². The van der Waals surface area contributed by atoms with Gasteiger partial charge in [-0.05, 0) is 40.5 Å². The van der Waals surface area contributed by atoms with Crippen LogP contribution in [0.1, 0.15) is 18.2 Å². The molecule has 2 heterocycles. The fraction of sp³-hybridized carbons (Fsp3) is 0.308. The average molecular weight is 326 g/mol. The lowest BCUT2D eigenvalue weighted by molar-refractivity contribution is 0.968. The molecule has 3 nitrogen and oxygen atoms in total. The molecule has 0 saturated heterocycles. The number of hydrogen-bond donors (Lipinski definition) is 2. The highest BCUT2D eigenvalue weighted by Crippen LogP contribution is 2.20. The summed E-state index contributed by atoms with van der Waals surface area (Å²) in [5.41, 5.74) is 0. The second kappa shape index (κ2) is 6.75. The minimum Gasteiger partial charge on any atom is -0.370 e. The third kappa shape index (κ3) is 3.99. The molecule has 0 saturated carbocycles. The van der Waals surface area contributed by atoms with Crippen LogP contribution < -0.4 is 10.6 Å². The van der Waals surface area contributed by atoms with Crippen molar-refractivity contribution in [2.24, 2.45) is 0 Å². The van der Waals surface area contributed by atoms with E-state index in [1.54, 1.807) is 11.3 Å². The van der Waals surface area contributed by atoms with Gasteiger partial charge < -0.3 is 10.6 Å². The SMILES string of the molecule is CCCNc1cccc(NCc2cc(Br)cs2)n1. The van der Waals surface area contributed by atoms with Crippen LogP contribution in [-0.2, 0) is 6.54 Å². The van der Waals surface area contributed by atoms with Gasteiger partial charge in [0.05, 0.1) is 6.54 Å². The van der Waals surface area contributed by atoms with Gasteiger partial charge in [-0.25, -0.2) is 4.98 Å². The van der Waals surface area contributed by atoms with E-state index in [-0.39, 0.29) is 0 Å². The molecule has 0 unspecified atom stereocenters. The maximum Gasteiger partial charge on any atom is 0.128 e. The van der Waals surface area contributed by atoms with Gasteiger partial charge in [-0.1, -0.05) is 13.0 Å². The van der Waals surface area contributed by atoms with Crippen LogP contribution in [0.2, 0.25) is 0 Å². The lowest BCUT2D eigenvalue weighted by atomic mass is 10.4. The molecule has 18 heavy (non-hydrogen) atoms. The van der Waals surface area contributed by atoms with E-state index in [0.717, 1.165) is 35.6 Å². The van der Waals surface area contributed by atoms with E-state index in [0.29, 0.717) is 0 Å². The van der Waals surface area contributed by atoms with Crippen LogP contribution >= 0.6 is 27.3 Å². The molecule has 5 heteroatoms. The molecule has 0 atom stereocenters. The lowest BCUT2D eigenvalue weighted by Crippen LogP contribution is -2.04. The molecule has 0 aromatic carbocycles. The normalized spacial score (nSPS) is 10.3. The first-order valence-corrected chi connectivity index (χ1v) is 7.63. The van der Waals surface area contributed by atoms with Crippen molar-refractivity contribution >= 4 is 38.9 Å². The van der Waals surface area contributed by atoms with E-state index in [1.807, 2.05) is 18.2 Å². The number of thiophene rings is 1. The van der Waals surface area contributed by atoms with Crippen molar-refractivity contribution in [1.29, 1.82) is 0 Å². The highest BCUT2D eigenvalue weighted by molar-refractivity contribution is 9.10. The Morgan fingerprint density at radius 1 is 1.28 bits per heavy atom. The van der Waals surface area contributed by atoms with Gasteiger partial charge in [-0.3, -0.25) is 0 Å². The molecule has 0 radical (unpaired) electrons. The summed E-state index contributed by atoms with van der Waals surface area (Å²) >= 11 is 5.19. The van der Waals surface area contributed by atoms with Gasteiger partial charge in [0.25, 0.3) is 0 Å². The Morgan fingerprint density at radius 3 is 2.72 bits per heavy atom. The fourth-order valence-electron chi connectivity index (χ4n) is 1.51. The highest BCUT2D eigenvalue weighted by atomic mass is 79.9. The number of rotatable bonds is 6. The Morgan fingerprint density at radius 2 is 2.06 bits per heavy atom. The first-order valence-electron chi connectivity index (χ1n) is 5.95. The molecule has 96 valence electrons. The van der Waals surface area contributed by atoms with E-state index >= 15 is 0 Å². The predicted molar refractivity (Wildman–Crippen MR) is 82.4 cm³/mol. The van der Waals surface area contributed by atoms with Crippen LogP contribution in [-0.4, -0.2) is 11.5 Å². The number of halogens is 1. The highest BCUT2D eigenvalue weighted by Gasteiger charge is 1.99. The number of nitrogens with zero attached hydrogens (tertiary/aromatic N) is 1. The van der Waals surface area contributed by atoms with Gasteiger partial charge >= 0.3 is 0 Å². The van der Waals surface area contributed by atoms with Crippen molar-refractivity contribution in [3.8, 4) is 0 Å². The molecule has 0 bridgehead atoms. The van der Waals surface area contributed by atoms with Crippen molar-refractivity contribution < 1.29 is 0 Å². The molecule has 0 aliphatic heterocycles. The zero-order chi connectivity index (χ0) is 12.8. The van der Waals surface area contributed by atoms with Crippen molar-refractivity contribution in [2.75, 3.05) is 17.2 Å². The van der Waals surface area contributed by atoms with Crippen LogP contribution in [0.5, 0.6) is 0 Å². The monoisotopic (exact) mass is 325 g/mol. The molecule has 2 rings (SSSR count). The molecule has 2 aromatic heterocycles. The van der Waals surface area contributed by atoms with Crippen molar-refractivity contribution in [2.45, 2.75) is 19.9 Å². The van der Waals surface area contributed by atoms with Crippen LogP contribution in [0, 0.1) is 0 Å². The number of pyridine rings is 1. The van der Waals surface area contributed by atoms with Gasteiger partial charge in [-0.2, -0.15) is 0 Å². The summed E-state index contributed by atoms with van der Waals surface area (Å²) in [6.07, 6.45) is 1.10. The second-order valence-corrected chi connectivity index (χ2v) is 5.83. The van der Waals surface area contributed by atoms with Crippen molar-refractivity contribution in [3.05, 3.63) is 39.0 Å². The summed E-state index contributed by atoms with van der Waals surface area (Å²) in [6.45, 7) is 3.90. The van der Waals surface area contributed by atoms with Gasteiger partial charge in [0.15, 0.2) is 0 Å². The zero-order valence-electron chi connectivity index (χ0n) is 10.2. The van der Waals surface area contributed by atoms with Crippen molar-refractivity contribution in [1.82, 2.24) is 4.98 Å². The summed E-state index contributed by atoms with van der Waals surface area (Å²) in [7, 11) is 0. The molecule has 0 amide bonds. The number of hydrogen-bond acceptors (Lipinski definition) is 4. The maximum atomic E-state index is 4.50. The van der Waals surface area contributed by atoms with E-state index in [2.05, 4.69) is 49.9 Å². The Bertz CT molecular complexity index is 498.